The Bertz CT molecular complexity index is 928. The average Bonchev–Trinajstić information content (AvgIpc) is 2.90. The summed E-state index contributed by atoms with van der Waals surface area (Å²) in [6, 6.07) is 10.3. The second-order valence-electron chi connectivity index (χ2n) is 6.02. The summed E-state index contributed by atoms with van der Waals surface area (Å²) < 4.78 is 10.8. The first-order valence-electron chi connectivity index (χ1n) is 7.89. The van der Waals surface area contributed by atoms with Crippen LogP contribution in [0.5, 0.6) is 11.5 Å². The van der Waals surface area contributed by atoms with Crippen molar-refractivity contribution in [2.24, 2.45) is 5.92 Å². The second kappa shape index (κ2) is 6.79. The van der Waals surface area contributed by atoms with E-state index in [0.717, 1.165) is 0 Å². The number of carbonyl (C=O) groups excluding carboxylic acids is 2. The highest BCUT2D eigenvalue weighted by atomic mass is 16.6. The number of benzene rings is 2. The fourth-order valence-corrected chi connectivity index (χ4v) is 2.31. The molecule has 0 bridgehead atoms. The molecule has 0 saturated carbocycles. The number of nitrogens with zero attached hydrogens (tertiary/aromatic N) is 1. The molecule has 1 heterocycles. The molecule has 2 aromatic carbocycles. The molecule has 7 nitrogen and oxygen atoms in total. The number of esters is 1. The maximum atomic E-state index is 12.4. The van der Waals surface area contributed by atoms with Gasteiger partial charge in [-0.1, -0.05) is 13.8 Å². The Morgan fingerprint density at radius 3 is 2.50 bits per heavy atom. The number of hydrogen-bond acceptors (Lipinski definition) is 6. The number of nitro benzene ring substituents is 1. The minimum absolute atomic E-state index is 0.0364. The zero-order valence-electron chi connectivity index (χ0n) is 14.1. The third kappa shape index (κ3) is 3.46. The molecule has 0 radical (unpaired) electrons. The lowest BCUT2D eigenvalue weighted by Crippen LogP contribution is -2.14. The molecule has 132 valence electrons. The number of nitro groups is 1. The summed E-state index contributed by atoms with van der Waals surface area (Å²) in [6.45, 7) is 3.45. The molecule has 1 aliphatic rings. The Morgan fingerprint density at radius 2 is 1.88 bits per heavy atom. The van der Waals surface area contributed by atoms with E-state index in [-0.39, 0.29) is 29.1 Å². The number of allylic oxidation sites excluding steroid dienone is 1. The van der Waals surface area contributed by atoms with Gasteiger partial charge in [-0.05, 0) is 35.9 Å². The molecule has 1 aliphatic heterocycles. The SMILES string of the molecule is CC(C)C(=O)Oc1ccc2c(c1)O/C(=C/c1ccc([N+](=O)[O-])cc1)C2=O. The molecule has 2 aromatic rings. The molecule has 0 atom stereocenters. The Kier molecular flexibility index (Phi) is 4.53. The molecule has 26 heavy (non-hydrogen) atoms. The molecular formula is C19H15NO6. The minimum atomic E-state index is -0.496. The van der Waals surface area contributed by atoms with Crippen LogP contribution >= 0.6 is 0 Å². The van der Waals surface area contributed by atoms with Gasteiger partial charge in [0, 0.05) is 18.2 Å². The van der Waals surface area contributed by atoms with Crippen molar-refractivity contribution in [3.8, 4) is 11.5 Å². The van der Waals surface area contributed by atoms with Crippen molar-refractivity contribution in [2.45, 2.75) is 13.8 Å². The lowest BCUT2D eigenvalue weighted by molar-refractivity contribution is -0.384. The van der Waals surface area contributed by atoms with Gasteiger partial charge in [-0.2, -0.15) is 0 Å². The largest absolute Gasteiger partial charge is 0.452 e. The summed E-state index contributed by atoms with van der Waals surface area (Å²) in [6.07, 6.45) is 1.51. The summed E-state index contributed by atoms with van der Waals surface area (Å²) >= 11 is 0. The van der Waals surface area contributed by atoms with Crippen LogP contribution in [0.1, 0.15) is 29.8 Å². The van der Waals surface area contributed by atoms with Crippen molar-refractivity contribution in [3.63, 3.8) is 0 Å². The van der Waals surface area contributed by atoms with Crippen LogP contribution in [0.25, 0.3) is 6.08 Å². The number of hydrogen-bond donors (Lipinski definition) is 0. The second-order valence-corrected chi connectivity index (χ2v) is 6.02. The van der Waals surface area contributed by atoms with Crippen LogP contribution in [0.15, 0.2) is 48.2 Å². The molecule has 0 spiro atoms. The summed E-state index contributed by atoms with van der Waals surface area (Å²) in [5.41, 5.74) is 0.923. The maximum Gasteiger partial charge on any atom is 0.313 e. The van der Waals surface area contributed by atoms with Crippen molar-refractivity contribution >= 4 is 23.5 Å². The average molecular weight is 353 g/mol. The zero-order valence-corrected chi connectivity index (χ0v) is 14.1. The summed E-state index contributed by atoms with van der Waals surface area (Å²) in [7, 11) is 0. The molecule has 0 saturated heterocycles. The molecule has 0 fully saturated rings. The highest BCUT2D eigenvalue weighted by Crippen LogP contribution is 2.35. The van der Waals surface area contributed by atoms with Crippen molar-refractivity contribution < 1.29 is 24.0 Å². The number of fused-ring (bicyclic) bond motifs is 1. The molecule has 0 aliphatic carbocycles. The monoisotopic (exact) mass is 353 g/mol. The van der Waals surface area contributed by atoms with Gasteiger partial charge in [0.15, 0.2) is 5.76 Å². The van der Waals surface area contributed by atoms with E-state index in [0.29, 0.717) is 22.6 Å². The number of Topliss-reactive ketones (excluding diaryl/α,β-unsaturated/α-hetero) is 1. The zero-order chi connectivity index (χ0) is 18.8. The van der Waals surface area contributed by atoms with Gasteiger partial charge in [-0.25, -0.2) is 0 Å². The number of rotatable bonds is 4. The molecule has 3 rings (SSSR count). The summed E-state index contributed by atoms with van der Waals surface area (Å²) in [5.74, 6) is -0.260. The Labute approximate surface area is 149 Å². The van der Waals surface area contributed by atoms with Crippen LogP contribution < -0.4 is 9.47 Å². The normalized spacial score (nSPS) is 14.3. The van der Waals surface area contributed by atoms with Gasteiger partial charge in [0.1, 0.15) is 11.5 Å². The van der Waals surface area contributed by atoms with Gasteiger partial charge in [0.25, 0.3) is 5.69 Å². The van der Waals surface area contributed by atoms with Crippen LogP contribution in [0.4, 0.5) is 5.69 Å². The lowest BCUT2D eigenvalue weighted by Gasteiger charge is -2.07. The number of carbonyl (C=O) groups is 2. The van der Waals surface area contributed by atoms with Gasteiger partial charge >= 0.3 is 5.97 Å². The first-order valence-corrected chi connectivity index (χ1v) is 7.89. The molecular weight excluding hydrogens is 338 g/mol. The smallest absolute Gasteiger partial charge is 0.313 e. The Hall–Kier alpha value is -3.48. The number of non-ortho nitro benzene ring substituents is 1. The van der Waals surface area contributed by atoms with Crippen molar-refractivity contribution in [1.82, 2.24) is 0 Å². The number of ether oxygens (including phenoxy) is 2. The fourth-order valence-electron chi connectivity index (χ4n) is 2.31. The van der Waals surface area contributed by atoms with E-state index in [1.54, 1.807) is 13.8 Å². The third-order valence-corrected chi connectivity index (χ3v) is 3.73. The lowest BCUT2D eigenvalue weighted by atomic mass is 10.1. The molecule has 7 heteroatoms. The predicted octanol–water partition coefficient (Wildman–Crippen LogP) is 3.77. The Balaban J connectivity index is 1.82. The first kappa shape index (κ1) is 17.3. The quantitative estimate of drug-likeness (QED) is 0.273. The van der Waals surface area contributed by atoms with E-state index in [1.807, 2.05) is 0 Å². The van der Waals surface area contributed by atoms with Crippen molar-refractivity contribution in [2.75, 3.05) is 0 Å². The molecule has 0 amide bonds. The van der Waals surface area contributed by atoms with E-state index in [2.05, 4.69) is 0 Å². The van der Waals surface area contributed by atoms with Crippen molar-refractivity contribution in [3.05, 3.63) is 69.5 Å². The fraction of sp³-hybridized carbons (Fsp3) is 0.158. The van der Waals surface area contributed by atoms with Crippen LogP contribution in [0.2, 0.25) is 0 Å². The van der Waals surface area contributed by atoms with E-state index < -0.39 is 4.92 Å². The Morgan fingerprint density at radius 1 is 1.19 bits per heavy atom. The van der Waals surface area contributed by atoms with Crippen LogP contribution in [0, 0.1) is 16.0 Å². The van der Waals surface area contributed by atoms with Gasteiger partial charge in [0.2, 0.25) is 5.78 Å². The van der Waals surface area contributed by atoms with Gasteiger partial charge in [0.05, 0.1) is 16.4 Å². The van der Waals surface area contributed by atoms with Crippen LogP contribution in [-0.2, 0) is 4.79 Å². The van der Waals surface area contributed by atoms with E-state index >= 15 is 0 Å². The topological polar surface area (TPSA) is 95.7 Å². The van der Waals surface area contributed by atoms with Gasteiger partial charge < -0.3 is 9.47 Å². The third-order valence-electron chi connectivity index (χ3n) is 3.73. The molecule has 0 N–H and O–H groups in total. The summed E-state index contributed by atoms with van der Waals surface area (Å²) in [4.78, 5) is 34.3. The molecule has 0 unspecified atom stereocenters. The van der Waals surface area contributed by atoms with E-state index in [9.17, 15) is 19.7 Å². The van der Waals surface area contributed by atoms with Gasteiger partial charge in [-0.15, -0.1) is 0 Å². The predicted molar refractivity (Wildman–Crippen MR) is 92.9 cm³/mol. The number of ketones is 1. The summed E-state index contributed by atoms with van der Waals surface area (Å²) in [5, 5.41) is 10.7. The van der Waals surface area contributed by atoms with Crippen LogP contribution in [-0.4, -0.2) is 16.7 Å². The maximum absolute atomic E-state index is 12.4. The molecule has 0 aromatic heterocycles. The highest BCUT2D eigenvalue weighted by Gasteiger charge is 2.28. The van der Waals surface area contributed by atoms with Gasteiger partial charge in [-0.3, -0.25) is 19.7 Å². The standard InChI is InChI=1S/C19H15NO6/c1-11(2)19(22)25-14-7-8-15-16(10-14)26-17(18(15)21)9-12-3-5-13(6-4-12)20(23)24/h3-11H,1-2H3/b17-9+. The van der Waals surface area contributed by atoms with E-state index in [1.165, 1.54) is 48.5 Å². The van der Waals surface area contributed by atoms with Crippen LogP contribution in [0.3, 0.4) is 0 Å². The highest BCUT2D eigenvalue weighted by molar-refractivity contribution is 6.14. The minimum Gasteiger partial charge on any atom is -0.452 e. The van der Waals surface area contributed by atoms with Crippen molar-refractivity contribution in [1.29, 1.82) is 0 Å². The van der Waals surface area contributed by atoms with E-state index in [4.69, 9.17) is 9.47 Å². The first-order chi connectivity index (χ1) is 12.3.